The van der Waals surface area contributed by atoms with Crippen molar-refractivity contribution < 1.29 is 23.6 Å². The molecule has 158 valence electrons. The third-order valence-corrected chi connectivity index (χ3v) is 4.68. The molecule has 0 spiro atoms. The Bertz CT molecular complexity index is 747. The molecule has 0 aromatic carbocycles. The van der Waals surface area contributed by atoms with E-state index in [-0.39, 0.29) is 24.6 Å². The zero-order chi connectivity index (χ0) is 21.4. The second kappa shape index (κ2) is 10.6. The number of halogens is 2. The fourth-order valence-corrected chi connectivity index (χ4v) is 2.83. The smallest absolute Gasteiger partial charge is 0.291 e. The summed E-state index contributed by atoms with van der Waals surface area (Å²) in [6, 6.07) is -1.01. The van der Waals surface area contributed by atoms with E-state index in [1.165, 1.54) is 18.6 Å². The number of rotatable bonds is 9. The molecular formula is C17H22ClFN6O4. The predicted molar refractivity (Wildman–Crippen MR) is 99.7 cm³/mol. The highest BCUT2D eigenvalue weighted by atomic mass is 35.5. The molecule has 4 N–H and O–H groups in total. The highest BCUT2D eigenvalue weighted by Gasteiger charge is 2.31. The number of amides is 4. The van der Waals surface area contributed by atoms with Crippen LogP contribution in [-0.4, -0.2) is 56.8 Å². The Morgan fingerprint density at radius 2 is 2.03 bits per heavy atom. The zero-order valence-corrected chi connectivity index (χ0v) is 16.3. The number of hydrazine groups is 1. The van der Waals surface area contributed by atoms with Gasteiger partial charge in [-0.2, -0.15) is 0 Å². The number of nitrogens with one attached hydrogen (secondary N) is 2. The number of alkyl halides is 2. The lowest BCUT2D eigenvalue weighted by Gasteiger charge is -2.31. The van der Waals surface area contributed by atoms with Crippen molar-refractivity contribution in [3.8, 4) is 0 Å². The molecule has 10 nitrogen and oxygen atoms in total. The number of primary amides is 1. The number of carbonyl (C=O) groups is 4. The zero-order valence-electron chi connectivity index (χ0n) is 15.5. The van der Waals surface area contributed by atoms with Gasteiger partial charge >= 0.3 is 0 Å². The summed E-state index contributed by atoms with van der Waals surface area (Å²) in [5.41, 5.74) is 4.87. The molecule has 2 rings (SSSR count). The van der Waals surface area contributed by atoms with Crippen LogP contribution in [0.5, 0.6) is 0 Å². The highest BCUT2D eigenvalue weighted by molar-refractivity contribution is 6.29. The molecule has 12 heteroatoms. The molecule has 0 bridgehead atoms. The van der Waals surface area contributed by atoms with Crippen LogP contribution < -0.4 is 16.5 Å². The van der Waals surface area contributed by atoms with E-state index in [0.29, 0.717) is 11.4 Å². The van der Waals surface area contributed by atoms with Gasteiger partial charge in [-0.25, -0.2) is 14.4 Å². The first-order chi connectivity index (χ1) is 13.8. The third-order valence-electron chi connectivity index (χ3n) is 4.49. The van der Waals surface area contributed by atoms with E-state index in [1.54, 1.807) is 0 Å². The van der Waals surface area contributed by atoms with Gasteiger partial charge in [-0.3, -0.25) is 29.6 Å². The van der Waals surface area contributed by atoms with Crippen molar-refractivity contribution in [3.05, 3.63) is 24.3 Å². The normalized spacial score (nSPS) is 15.5. The molecule has 1 saturated carbocycles. The van der Waals surface area contributed by atoms with Crippen LogP contribution in [0.25, 0.3) is 0 Å². The van der Waals surface area contributed by atoms with E-state index in [4.69, 9.17) is 17.3 Å². The van der Waals surface area contributed by atoms with E-state index in [2.05, 4.69) is 20.7 Å². The topological polar surface area (TPSA) is 147 Å². The first-order valence-electron chi connectivity index (χ1n) is 9.03. The Kier molecular flexibility index (Phi) is 8.25. The lowest BCUT2D eigenvalue weighted by atomic mass is 9.80. The molecule has 1 aliphatic rings. The Morgan fingerprint density at radius 3 is 2.55 bits per heavy atom. The summed E-state index contributed by atoms with van der Waals surface area (Å²) in [7, 11) is 0. The van der Waals surface area contributed by atoms with Crippen molar-refractivity contribution in [2.24, 2.45) is 11.7 Å². The summed E-state index contributed by atoms with van der Waals surface area (Å²) >= 11 is 5.17. The maximum atomic E-state index is 13.2. The molecule has 0 saturated heterocycles. The van der Waals surface area contributed by atoms with Gasteiger partial charge in [0.2, 0.25) is 5.91 Å². The summed E-state index contributed by atoms with van der Waals surface area (Å²) in [6.07, 6.45) is 6.84. The number of carbonyl (C=O) groups excluding carboxylic acids is 4. The maximum Gasteiger partial charge on any atom is 0.291 e. The number of hydrogen-bond acceptors (Lipinski definition) is 6. The fourth-order valence-electron chi connectivity index (χ4n) is 2.71. The average molecular weight is 429 g/mol. The van der Waals surface area contributed by atoms with Crippen LogP contribution >= 0.6 is 11.6 Å². The fraction of sp³-hybridized carbons (Fsp3) is 0.529. The molecule has 1 aromatic rings. The molecular weight excluding hydrogens is 407 g/mol. The summed E-state index contributed by atoms with van der Waals surface area (Å²) in [5, 5.41) is 3.15. The molecule has 1 unspecified atom stereocenters. The molecule has 0 aliphatic heterocycles. The summed E-state index contributed by atoms with van der Waals surface area (Å²) in [6.45, 7) is -0.360. The molecule has 0 radical (unpaired) electrons. The molecule has 4 amide bonds. The van der Waals surface area contributed by atoms with Crippen molar-refractivity contribution in [2.75, 3.05) is 6.54 Å². The van der Waals surface area contributed by atoms with Crippen LogP contribution in [0.4, 0.5) is 4.39 Å². The van der Waals surface area contributed by atoms with Gasteiger partial charge in [-0.15, -0.1) is 0 Å². The first kappa shape index (κ1) is 22.5. The second-order valence-electron chi connectivity index (χ2n) is 6.63. The Hall–Kier alpha value is -2.82. The van der Waals surface area contributed by atoms with Gasteiger partial charge in [0.05, 0.1) is 12.7 Å². The van der Waals surface area contributed by atoms with E-state index >= 15 is 0 Å². The van der Waals surface area contributed by atoms with Gasteiger partial charge < -0.3 is 11.1 Å². The molecule has 29 heavy (non-hydrogen) atoms. The van der Waals surface area contributed by atoms with Crippen molar-refractivity contribution in [3.63, 3.8) is 0 Å². The Morgan fingerprint density at radius 1 is 1.31 bits per heavy atom. The molecule has 1 heterocycles. The molecule has 1 aliphatic carbocycles. The number of aromatic nitrogens is 2. The predicted octanol–water partition coefficient (Wildman–Crippen LogP) is 0.0348. The average Bonchev–Trinajstić information content (AvgIpc) is 2.66. The van der Waals surface area contributed by atoms with Crippen LogP contribution in [0.2, 0.25) is 0 Å². The minimum absolute atomic E-state index is 0.0187. The van der Waals surface area contributed by atoms with Gasteiger partial charge in [0.25, 0.3) is 23.4 Å². The van der Waals surface area contributed by atoms with E-state index in [9.17, 15) is 23.6 Å². The van der Waals surface area contributed by atoms with E-state index in [1.807, 2.05) is 0 Å². The largest absolute Gasteiger partial charge is 0.370 e. The summed E-state index contributed by atoms with van der Waals surface area (Å²) in [5.74, 6) is -3.13. The van der Waals surface area contributed by atoms with Crippen molar-refractivity contribution in [1.29, 1.82) is 0 Å². The first-order valence-corrected chi connectivity index (χ1v) is 9.46. The summed E-state index contributed by atoms with van der Waals surface area (Å²) < 4.78 is 13.2. The minimum Gasteiger partial charge on any atom is -0.370 e. The van der Waals surface area contributed by atoms with E-state index in [0.717, 1.165) is 19.3 Å². The Labute approximate surface area is 171 Å². The van der Waals surface area contributed by atoms with Crippen LogP contribution in [0, 0.1) is 5.92 Å². The summed E-state index contributed by atoms with van der Waals surface area (Å²) in [4.78, 5) is 55.7. The number of hydrogen-bond donors (Lipinski definition) is 3. The number of nitrogens with two attached hydrogens (primary N) is 1. The highest BCUT2D eigenvalue weighted by Crippen LogP contribution is 2.30. The molecule has 1 fully saturated rings. The van der Waals surface area contributed by atoms with Crippen molar-refractivity contribution in [1.82, 2.24) is 25.7 Å². The third kappa shape index (κ3) is 6.93. The van der Waals surface area contributed by atoms with Crippen LogP contribution in [-0.2, 0) is 14.4 Å². The van der Waals surface area contributed by atoms with Crippen LogP contribution in [0.1, 0.15) is 42.6 Å². The van der Waals surface area contributed by atoms with Gasteiger partial charge in [0, 0.05) is 18.8 Å². The molecule has 2 atom stereocenters. The Balaban J connectivity index is 2.10. The monoisotopic (exact) mass is 428 g/mol. The number of nitrogens with zero attached hydrogens (tertiary/aromatic N) is 3. The quantitative estimate of drug-likeness (QED) is 0.373. The van der Waals surface area contributed by atoms with Crippen LogP contribution in [0.3, 0.4) is 0 Å². The molecule has 1 aromatic heterocycles. The van der Waals surface area contributed by atoms with Gasteiger partial charge in [-0.1, -0.05) is 30.9 Å². The van der Waals surface area contributed by atoms with Gasteiger partial charge in [0.15, 0.2) is 0 Å². The van der Waals surface area contributed by atoms with Crippen molar-refractivity contribution >= 4 is 35.2 Å². The van der Waals surface area contributed by atoms with E-state index < -0.39 is 35.3 Å². The lowest BCUT2D eigenvalue weighted by Crippen LogP contribution is -2.56. The lowest BCUT2D eigenvalue weighted by molar-refractivity contribution is -0.144. The van der Waals surface area contributed by atoms with Gasteiger partial charge in [0.1, 0.15) is 11.7 Å². The maximum absolute atomic E-state index is 13.2. The van der Waals surface area contributed by atoms with Crippen molar-refractivity contribution in [2.45, 2.75) is 43.8 Å². The minimum atomic E-state index is -2.41. The SMILES string of the molecule is NC(=O)CCN(NC(=O)[C@H](CC1CCC1)NC(=O)c1cnccn1)C(=O)C(F)Cl. The standard InChI is InChI=1S/C17H22ClFN6O4/c18-14(19)17(29)25(7-4-13(20)26)24-16(28)11(8-10-2-1-3-10)23-15(27)12-9-21-5-6-22-12/h5-6,9-11,14H,1-4,7-8H2,(H2,20,26)(H,23,27)(H,24,28)/t11-,14?/m0/s1. The second-order valence-corrected chi connectivity index (χ2v) is 7.02. The van der Waals surface area contributed by atoms with Gasteiger partial charge in [-0.05, 0) is 12.3 Å². The van der Waals surface area contributed by atoms with Crippen LogP contribution in [0.15, 0.2) is 18.6 Å².